The number of carbonyl (C=O) groups excluding carboxylic acids is 3. The quantitative estimate of drug-likeness (QED) is 0.671. The third kappa shape index (κ3) is 8.74. The number of hydrogen-bond acceptors (Lipinski definition) is 6. The van der Waals surface area contributed by atoms with E-state index in [1.807, 2.05) is 6.92 Å². The topological polar surface area (TPSA) is 97.4 Å². The Labute approximate surface area is 183 Å². The predicted octanol–water partition coefficient (Wildman–Crippen LogP) is 2.05. The number of amides is 3. The van der Waals surface area contributed by atoms with Gasteiger partial charge >= 0.3 is 6.09 Å². The molecule has 3 amide bonds. The minimum absolute atomic E-state index is 0.0538. The summed E-state index contributed by atoms with van der Waals surface area (Å²) in [4.78, 5) is 39.7. The maximum Gasteiger partial charge on any atom is 0.407 e. The number of nitrogens with one attached hydrogen (secondary N) is 1. The molecule has 0 unspecified atom stereocenters. The van der Waals surface area contributed by atoms with Crippen LogP contribution in [0.2, 0.25) is 0 Å². The molecule has 0 atom stereocenters. The molecule has 0 saturated carbocycles. The van der Waals surface area contributed by atoms with Gasteiger partial charge in [0.25, 0.3) is 5.91 Å². The Bertz CT molecular complexity index is 737. The zero-order chi connectivity index (χ0) is 22.9. The van der Waals surface area contributed by atoms with Crippen molar-refractivity contribution in [2.24, 2.45) is 0 Å². The van der Waals surface area contributed by atoms with Gasteiger partial charge in [-0.25, -0.2) is 4.79 Å². The van der Waals surface area contributed by atoms with E-state index in [9.17, 15) is 14.4 Å². The number of carbonyl (C=O) groups is 3. The lowest BCUT2D eigenvalue weighted by atomic mass is 10.2. The minimum atomic E-state index is -0.576. The second kappa shape index (κ2) is 11.4. The minimum Gasteiger partial charge on any atom is -0.494 e. The van der Waals surface area contributed by atoms with Crippen LogP contribution in [0.4, 0.5) is 4.79 Å². The molecule has 1 aromatic rings. The van der Waals surface area contributed by atoms with E-state index in [4.69, 9.17) is 14.2 Å². The average molecular weight is 436 g/mol. The Morgan fingerprint density at radius 2 is 1.42 bits per heavy atom. The molecule has 1 aliphatic heterocycles. The Morgan fingerprint density at radius 3 is 1.94 bits per heavy atom. The number of alkyl carbamates (subject to hydrolysis) is 1. The van der Waals surface area contributed by atoms with Gasteiger partial charge in [-0.2, -0.15) is 0 Å². The predicted molar refractivity (Wildman–Crippen MR) is 115 cm³/mol. The van der Waals surface area contributed by atoms with Gasteiger partial charge in [0.05, 0.1) is 6.61 Å². The molecule has 1 N–H and O–H groups in total. The maximum atomic E-state index is 12.4. The molecular weight excluding hydrogens is 402 g/mol. The summed E-state index contributed by atoms with van der Waals surface area (Å²) in [7, 11) is 0. The van der Waals surface area contributed by atoms with Crippen LogP contribution in [0.3, 0.4) is 0 Å². The summed E-state index contributed by atoms with van der Waals surface area (Å²) in [6, 6.07) is 7.12. The fourth-order valence-corrected chi connectivity index (χ4v) is 2.98. The van der Waals surface area contributed by atoms with E-state index in [0.717, 1.165) is 5.75 Å². The lowest BCUT2D eigenvalue weighted by Crippen LogP contribution is -2.52. The molecule has 1 fully saturated rings. The first-order chi connectivity index (χ1) is 14.7. The normalized spacial score (nSPS) is 14.1. The van der Waals surface area contributed by atoms with Crippen LogP contribution in [0.15, 0.2) is 24.3 Å². The van der Waals surface area contributed by atoms with Crippen molar-refractivity contribution in [1.82, 2.24) is 15.1 Å². The van der Waals surface area contributed by atoms with E-state index in [0.29, 0.717) is 38.5 Å². The van der Waals surface area contributed by atoms with E-state index >= 15 is 0 Å². The smallest absolute Gasteiger partial charge is 0.407 e. The van der Waals surface area contributed by atoms with Gasteiger partial charge in [-0.15, -0.1) is 0 Å². The van der Waals surface area contributed by atoms with Crippen molar-refractivity contribution in [2.45, 2.75) is 39.7 Å². The van der Waals surface area contributed by atoms with Crippen molar-refractivity contribution >= 4 is 17.9 Å². The van der Waals surface area contributed by atoms with Crippen LogP contribution in [0.25, 0.3) is 0 Å². The van der Waals surface area contributed by atoms with Gasteiger partial charge in [0.1, 0.15) is 17.1 Å². The number of rotatable bonds is 8. The second-order valence-electron chi connectivity index (χ2n) is 8.13. The molecule has 0 bridgehead atoms. The van der Waals surface area contributed by atoms with Crippen LogP contribution in [0, 0.1) is 0 Å². The molecule has 1 aliphatic rings. The van der Waals surface area contributed by atoms with Gasteiger partial charge in [-0.3, -0.25) is 9.59 Å². The van der Waals surface area contributed by atoms with Crippen LogP contribution < -0.4 is 14.8 Å². The molecule has 1 saturated heterocycles. The van der Waals surface area contributed by atoms with E-state index in [2.05, 4.69) is 5.32 Å². The molecule has 1 aromatic carbocycles. The highest BCUT2D eigenvalue weighted by Gasteiger charge is 2.24. The van der Waals surface area contributed by atoms with Crippen LogP contribution in [0.5, 0.6) is 11.5 Å². The van der Waals surface area contributed by atoms with Gasteiger partial charge in [-0.05, 0) is 52.0 Å². The van der Waals surface area contributed by atoms with Crippen molar-refractivity contribution in [3.63, 3.8) is 0 Å². The Hall–Kier alpha value is -2.97. The monoisotopic (exact) mass is 435 g/mol. The molecule has 9 nitrogen and oxygen atoms in total. The summed E-state index contributed by atoms with van der Waals surface area (Å²) in [5, 5.41) is 2.58. The van der Waals surface area contributed by atoms with Crippen molar-refractivity contribution < 1.29 is 28.6 Å². The summed E-state index contributed by atoms with van der Waals surface area (Å²) in [6.45, 7) is 9.83. The molecule has 31 heavy (non-hydrogen) atoms. The zero-order valence-corrected chi connectivity index (χ0v) is 18.8. The number of piperazine rings is 1. The SMILES string of the molecule is CCOc1ccc(OCC(=O)N2CCN(C(=O)CCNC(=O)OC(C)(C)C)CC2)cc1. The summed E-state index contributed by atoms with van der Waals surface area (Å²) in [6.07, 6.45) is -0.350. The van der Waals surface area contributed by atoms with E-state index in [1.165, 1.54) is 0 Å². The number of nitrogens with zero attached hydrogens (tertiary/aromatic N) is 2. The van der Waals surface area contributed by atoms with Crippen LogP contribution in [-0.2, 0) is 14.3 Å². The molecular formula is C22H33N3O6. The average Bonchev–Trinajstić information content (AvgIpc) is 2.72. The molecule has 172 valence electrons. The van der Waals surface area contributed by atoms with E-state index in [1.54, 1.807) is 54.8 Å². The Kier molecular flexibility index (Phi) is 8.96. The highest BCUT2D eigenvalue weighted by Crippen LogP contribution is 2.17. The van der Waals surface area contributed by atoms with Gasteiger partial charge in [0.2, 0.25) is 5.91 Å². The second-order valence-corrected chi connectivity index (χ2v) is 8.13. The number of ether oxygens (including phenoxy) is 3. The van der Waals surface area contributed by atoms with Crippen LogP contribution in [0.1, 0.15) is 34.1 Å². The van der Waals surface area contributed by atoms with Crippen LogP contribution >= 0.6 is 0 Å². The molecule has 0 aliphatic carbocycles. The first kappa shape index (κ1) is 24.3. The third-order valence-corrected chi connectivity index (χ3v) is 4.49. The molecule has 1 heterocycles. The fourth-order valence-electron chi connectivity index (χ4n) is 2.98. The third-order valence-electron chi connectivity index (χ3n) is 4.49. The lowest BCUT2D eigenvalue weighted by molar-refractivity contribution is -0.140. The fraction of sp³-hybridized carbons (Fsp3) is 0.591. The van der Waals surface area contributed by atoms with Gasteiger partial charge in [-0.1, -0.05) is 0 Å². The summed E-state index contributed by atoms with van der Waals surface area (Å²) in [5.74, 6) is 1.17. The van der Waals surface area contributed by atoms with Crippen molar-refractivity contribution in [3.05, 3.63) is 24.3 Å². The first-order valence-electron chi connectivity index (χ1n) is 10.6. The van der Waals surface area contributed by atoms with Gasteiger partial charge in [0, 0.05) is 39.1 Å². The Morgan fingerprint density at radius 1 is 0.903 bits per heavy atom. The summed E-state index contributed by atoms with van der Waals surface area (Å²) >= 11 is 0. The largest absolute Gasteiger partial charge is 0.494 e. The number of hydrogen-bond donors (Lipinski definition) is 1. The molecule has 2 rings (SSSR count). The number of benzene rings is 1. The highest BCUT2D eigenvalue weighted by molar-refractivity contribution is 5.79. The van der Waals surface area contributed by atoms with Crippen molar-refractivity contribution in [3.8, 4) is 11.5 Å². The zero-order valence-electron chi connectivity index (χ0n) is 18.8. The molecule has 9 heteroatoms. The van der Waals surface area contributed by atoms with E-state index in [-0.39, 0.29) is 31.4 Å². The summed E-state index contributed by atoms with van der Waals surface area (Å²) < 4.78 is 16.1. The van der Waals surface area contributed by atoms with Gasteiger partial charge < -0.3 is 29.3 Å². The summed E-state index contributed by atoms with van der Waals surface area (Å²) in [5.41, 5.74) is -0.576. The Balaban J connectivity index is 1.66. The molecule has 0 spiro atoms. The first-order valence-corrected chi connectivity index (χ1v) is 10.6. The molecule has 0 radical (unpaired) electrons. The van der Waals surface area contributed by atoms with Gasteiger partial charge in [0.15, 0.2) is 6.61 Å². The van der Waals surface area contributed by atoms with Crippen LogP contribution in [-0.4, -0.2) is 79.2 Å². The maximum absolute atomic E-state index is 12.4. The molecule has 0 aromatic heterocycles. The van der Waals surface area contributed by atoms with E-state index < -0.39 is 11.7 Å². The standard InChI is InChI=1S/C22H33N3O6/c1-5-29-17-6-8-18(9-7-17)30-16-20(27)25-14-12-24(13-15-25)19(26)10-11-23-21(28)31-22(2,3)4/h6-9H,5,10-16H2,1-4H3,(H,23,28). The highest BCUT2D eigenvalue weighted by atomic mass is 16.6. The van der Waals surface area contributed by atoms with Crippen molar-refractivity contribution in [2.75, 3.05) is 45.9 Å². The van der Waals surface area contributed by atoms with Crippen molar-refractivity contribution in [1.29, 1.82) is 0 Å². The lowest BCUT2D eigenvalue weighted by Gasteiger charge is -2.34.